The van der Waals surface area contributed by atoms with E-state index in [1.165, 1.54) is 42.0 Å². The van der Waals surface area contributed by atoms with E-state index in [4.69, 9.17) is 0 Å². The summed E-state index contributed by atoms with van der Waals surface area (Å²) in [5.74, 6) is -0.275. The van der Waals surface area contributed by atoms with Gasteiger partial charge in [-0.25, -0.2) is 4.39 Å². The molecule has 0 radical (unpaired) electrons. The van der Waals surface area contributed by atoms with Crippen LogP contribution in [0.1, 0.15) is 28.9 Å². The van der Waals surface area contributed by atoms with Gasteiger partial charge in [-0.15, -0.1) is 23.1 Å². The molecule has 38 heavy (non-hydrogen) atoms. The molecule has 5 aromatic rings. The largest absolute Gasteiger partial charge is 0.351 e. The molecule has 1 N–H and O–H groups in total. The van der Waals surface area contributed by atoms with Crippen molar-refractivity contribution in [1.82, 2.24) is 24.6 Å². The van der Waals surface area contributed by atoms with E-state index >= 15 is 4.39 Å². The first-order valence-electron chi connectivity index (χ1n) is 12.7. The van der Waals surface area contributed by atoms with Gasteiger partial charge in [-0.2, -0.15) is 0 Å². The lowest BCUT2D eigenvalue weighted by atomic mass is 10.1. The number of pyridine rings is 1. The van der Waals surface area contributed by atoms with Gasteiger partial charge in [0.25, 0.3) is 5.91 Å². The summed E-state index contributed by atoms with van der Waals surface area (Å²) in [5, 5.41) is 3.14. The molecule has 4 heterocycles. The van der Waals surface area contributed by atoms with E-state index in [0.717, 1.165) is 35.5 Å². The van der Waals surface area contributed by atoms with E-state index in [-0.39, 0.29) is 10.9 Å². The van der Waals surface area contributed by atoms with E-state index in [9.17, 15) is 9.59 Å². The zero-order valence-corrected chi connectivity index (χ0v) is 22.3. The molecule has 1 fully saturated rings. The number of likely N-dealkylation sites (tertiary alicyclic amines) is 1. The number of aromatic nitrogens is 3. The third kappa shape index (κ3) is 4.79. The number of amides is 1. The van der Waals surface area contributed by atoms with Crippen molar-refractivity contribution in [3.05, 3.63) is 82.3 Å². The molecule has 194 valence electrons. The monoisotopic (exact) mass is 547 g/mol. The molecule has 3 aromatic heterocycles. The van der Waals surface area contributed by atoms with Crippen LogP contribution in [0.25, 0.3) is 25.9 Å². The number of carbonyl (C=O) groups excluding carboxylic acids is 1. The van der Waals surface area contributed by atoms with E-state index < -0.39 is 17.2 Å². The van der Waals surface area contributed by atoms with Crippen LogP contribution in [0.15, 0.2) is 64.7 Å². The maximum atomic E-state index is 15.3. The number of aryl methyl sites for hydroxylation is 1. The van der Waals surface area contributed by atoms with Gasteiger partial charge in [-0.1, -0.05) is 12.1 Å². The number of para-hydroxylation sites is 1. The van der Waals surface area contributed by atoms with Crippen LogP contribution in [0.3, 0.4) is 0 Å². The highest BCUT2D eigenvalue weighted by Crippen LogP contribution is 2.34. The molecule has 2 aromatic carbocycles. The molecule has 1 amide bonds. The Hall–Kier alpha value is -3.34. The zero-order chi connectivity index (χ0) is 26.1. The average Bonchev–Trinajstić information content (AvgIpc) is 3.58. The molecule has 1 aliphatic heterocycles. The second-order valence-electron chi connectivity index (χ2n) is 9.31. The normalized spacial score (nSPS) is 14.1. The minimum atomic E-state index is -0.473. The number of thiazole rings is 1. The maximum absolute atomic E-state index is 15.3. The number of carbonyl (C=O) groups is 1. The first-order chi connectivity index (χ1) is 18.6. The topological polar surface area (TPSA) is 79.6 Å². The van der Waals surface area contributed by atoms with Crippen LogP contribution < -0.4 is 10.7 Å². The van der Waals surface area contributed by atoms with Crippen molar-refractivity contribution in [2.75, 3.05) is 31.9 Å². The van der Waals surface area contributed by atoms with Crippen molar-refractivity contribution in [1.29, 1.82) is 0 Å². The Kier molecular flexibility index (Phi) is 7.10. The summed E-state index contributed by atoms with van der Waals surface area (Å²) in [6.45, 7) is 3.28. The van der Waals surface area contributed by atoms with Gasteiger partial charge in [-0.3, -0.25) is 24.0 Å². The molecule has 6 rings (SSSR count). The first kappa shape index (κ1) is 25.0. The molecule has 0 aliphatic carbocycles. The van der Waals surface area contributed by atoms with Gasteiger partial charge in [0.15, 0.2) is 0 Å². The minimum Gasteiger partial charge on any atom is -0.351 e. The number of thioether (sulfide) groups is 1. The van der Waals surface area contributed by atoms with Crippen LogP contribution in [0.5, 0.6) is 0 Å². The van der Waals surface area contributed by atoms with Crippen LogP contribution in [-0.2, 0) is 6.42 Å². The van der Waals surface area contributed by atoms with Crippen molar-refractivity contribution in [3.63, 3.8) is 0 Å². The van der Waals surface area contributed by atoms with Crippen molar-refractivity contribution in [2.45, 2.75) is 24.2 Å². The maximum Gasteiger partial charge on any atom is 0.258 e. The molecular formula is C28H26FN5O2S2. The number of halogens is 1. The lowest BCUT2D eigenvalue weighted by Gasteiger charge is -2.15. The third-order valence-corrected chi connectivity index (χ3v) is 9.04. The minimum absolute atomic E-state index is 0.0718. The Bertz CT molecular complexity index is 1700. The lowest BCUT2D eigenvalue weighted by Crippen LogP contribution is -2.35. The number of nitrogens with one attached hydrogen (secondary N) is 1. The average molecular weight is 548 g/mol. The molecule has 7 nitrogen and oxygen atoms in total. The number of hydrogen-bond donors (Lipinski definition) is 1. The number of fused-ring (bicyclic) bond motifs is 5. The Labute approximate surface area is 226 Å². The Balaban J connectivity index is 1.40. The van der Waals surface area contributed by atoms with Gasteiger partial charge < -0.3 is 10.2 Å². The Morgan fingerprint density at radius 1 is 1.13 bits per heavy atom. The molecule has 0 saturated carbocycles. The van der Waals surface area contributed by atoms with Crippen LogP contribution in [-0.4, -0.2) is 57.1 Å². The fraction of sp³-hybridized carbons (Fsp3) is 0.286. The summed E-state index contributed by atoms with van der Waals surface area (Å²) in [6, 6.07) is 10.8. The van der Waals surface area contributed by atoms with Gasteiger partial charge in [0, 0.05) is 54.1 Å². The van der Waals surface area contributed by atoms with E-state index in [0.29, 0.717) is 34.0 Å². The van der Waals surface area contributed by atoms with Gasteiger partial charge in [0.05, 0.1) is 21.4 Å². The number of benzene rings is 2. The third-order valence-electron chi connectivity index (χ3n) is 6.86. The Morgan fingerprint density at radius 3 is 2.79 bits per heavy atom. The number of hydrogen-bond acceptors (Lipinski definition) is 7. The standard InChI is InChI=1S/C28H26FN5O2S2/c29-20-15-19-22(16-24(20)37-14-7-18-17-30-8-9-31-18)34-21-5-1-2-6-23(21)38-28(34)25(26(19)35)27(36)32-10-13-33-11-3-4-12-33/h1-2,5-6,8-9,15-17H,3-4,7,10-14H2,(H,32,36). The fourth-order valence-electron chi connectivity index (χ4n) is 4.99. The molecule has 1 saturated heterocycles. The molecule has 0 bridgehead atoms. The molecule has 0 atom stereocenters. The molecule has 0 spiro atoms. The van der Waals surface area contributed by atoms with Crippen molar-refractivity contribution in [3.8, 4) is 0 Å². The van der Waals surface area contributed by atoms with Crippen molar-refractivity contribution < 1.29 is 9.18 Å². The second kappa shape index (κ2) is 10.8. The van der Waals surface area contributed by atoms with Gasteiger partial charge in [-0.05, 0) is 50.2 Å². The highest BCUT2D eigenvalue weighted by atomic mass is 32.2. The number of nitrogens with zero attached hydrogens (tertiary/aromatic N) is 4. The predicted octanol–water partition coefficient (Wildman–Crippen LogP) is 4.76. The van der Waals surface area contributed by atoms with Gasteiger partial charge in [0.1, 0.15) is 16.2 Å². The van der Waals surface area contributed by atoms with E-state index in [2.05, 4.69) is 20.2 Å². The highest BCUT2D eigenvalue weighted by Gasteiger charge is 2.23. The Morgan fingerprint density at radius 2 is 1.97 bits per heavy atom. The number of rotatable bonds is 8. The smallest absolute Gasteiger partial charge is 0.258 e. The summed E-state index contributed by atoms with van der Waals surface area (Å²) < 4.78 is 18.2. The van der Waals surface area contributed by atoms with Crippen LogP contribution in [0, 0.1) is 5.82 Å². The second-order valence-corrected chi connectivity index (χ2v) is 11.5. The first-order valence-corrected chi connectivity index (χ1v) is 14.5. The van der Waals surface area contributed by atoms with Crippen molar-refractivity contribution >= 4 is 55.0 Å². The van der Waals surface area contributed by atoms with E-state index in [1.54, 1.807) is 24.7 Å². The van der Waals surface area contributed by atoms with Crippen LogP contribution in [0.4, 0.5) is 4.39 Å². The fourth-order valence-corrected chi connectivity index (χ4v) is 7.11. The lowest BCUT2D eigenvalue weighted by molar-refractivity contribution is 0.0950. The summed E-state index contributed by atoms with van der Waals surface area (Å²) in [7, 11) is 0. The molecule has 1 aliphatic rings. The summed E-state index contributed by atoms with van der Waals surface area (Å²) >= 11 is 2.78. The predicted molar refractivity (Wildman–Crippen MR) is 151 cm³/mol. The summed E-state index contributed by atoms with van der Waals surface area (Å²) in [4.78, 5) is 38.7. The van der Waals surface area contributed by atoms with Crippen LogP contribution >= 0.6 is 23.1 Å². The van der Waals surface area contributed by atoms with Crippen molar-refractivity contribution in [2.24, 2.45) is 0 Å². The molecule has 10 heteroatoms. The van der Waals surface area contributed by atoms with Gasteiger partial charge in [0.2, 0.25) is 5.43 Å². The SMILES string of the molecule is O=C(NCCN1CCCC1)c1c(=O)c2cc(F)c(SCCc3cnccn3)cc2n2c1sc1ccccc12. The molecular weight excluding hydrogens is 521 g/mol. The summed E-state index contributed by atoms with van der Waals surface area (Å²) in [6.07, 6.45) is 7.96. The van der Waals surface area contributed by atoms with Gasteiger partial charge >= 0.3 is 0 Å². The van der Waals surface area contributed by atoms with Crippen LogP contribution in [0.2, 0.25) is 0 Å². The molecule has 0 unspecified atom stereocenters. The summed E-state index contributed by atoms with van der Waals surface area (Å²) in [5.41, 5.74) is 1.94. The quantitative estimate of drug-likeness (QED) is 0.282. The van der Waals surface area contributed by atoms with E-state index in [1.807, 2.05) is 28.7 Å². The highest BCUT2D eigenvalue weighted by molar-refractivity contribution is 7.99. The zero-order valence-electron chi connectivity index (χ0n) is 20.7.